The second-order valence-corrected chi connectivity index (χ2v) is 3.51. The van der Waals surface area contributed by atoms with Crippen molar-refractivity contribution in [1.29, 1.82) is 0 Å². The van der Waals surface area contributed by atoms with Crippen LogP contribution < -0.4 is 5.73 Å². The van der Waals surface area contributed by atoms with Crippen LogP contribution in [-0.4, -0.2) is 20.2 Å². The summed E-state index contributed by atoms with van der Waals surface area (Å²) in [6.45, 7) is 0. The molecule has 0 aliphatic rings. The summed E-state index contributed by atoms with van der Waals surface area (Å²) in [4.78, 5) is 7.31. The topological polar surface area (TPSA) is 80.5 Å². The molecule has 0 amide bonds. The molecule has 0 aliphatic heterocycles. The monoisotopic (exact) mass is 229 g/mol. The summed E-state index contributed by atoms with van der Waals surface area (Å²) in [5, 5.41) is 6.39. The third kappa shape index (κ3) is 2.04. The van der Waals surface area contributed by atoms with E-state index in [0.717, 1.165) is 11.8 Å². The summed E-state index contributed by atoms with van der Waals surface area (Å²) in [5.74, 6) is -2.02. The van der Waals surface area contributed by atoms with Crippen molar-refractivity contribution in [1.82, 2.24) is 20.2 Å². The number of nitrogen functional groups attached to an aromatic ring is 1. The van der Waals surface area contributed by atoms with Crippen molar-refractivity contribution >= 4 is 17.6 Å². The molecule has 0 atom stereocenters. The third-order valence-corrected chi connectivity index (χ3v) is 2.38. The molecule has 78 valence electrons. The highest BCUT2D eigenvalue weighted by Crippen LogP contribution is 2.26. The molecule has 2 aromatic heterocycles. The molecule has 3 N–H and O–H groups in total. The van der Waals surface area contributed by atoms with Crippen LogP contribution in [0.5, 0.6) is 0 Å². The first-order valence-corrected chi connectivity index (χ1v) is 4.63. The molecule has 0 bridgehead atoms. The van der Waals surface area contributed by atoms with Crippen molar-refractivity contribution in [3.63, 3.8) is 0 Å². The van der Waals surface area contributed by atoms with Crippen LogP contribution in [0.1, 0.15) is 0 Å². The Morgan fingerprint density at radius 2 is 2.13 bits per heavy atom. The molecule has 0 aliphatic carbocycles. The lowest BCUT2D eigenvalue weighted by atomic mass is 10.4. The van der Waals surface area contributed by atoms with Crippen molar-refractivity contribution in [2.45, 2.75) is 10.2 Å². The van der Waals surface area contributed by atoms with Crippen molar-refractivity contribution in [2.75, 3.05) is 5.73 Å². The van der Waals surface area contributed by atoms with Crippen LogP contribution in [0.3, 0.4) is 0 Å². The number of nitrogens with zero attached hydrogens (tertiary/aromatic N) is 3. The molecule has 15 heavy (non-hydrogen) atoms. The molecule has 2 aromatic rings. The molecule has 5 nitrogen and oxygen atoms in total. The summed E-state index contributed by atoms with van der Waals surface area (Å²) in [6, 6.07) is 0.682. The van der Waals surface area contributed by atoms with E-state index >= 15 is 0 Å². The van der Waals surface area contributed by atoms with E-state index in [1.807, 2.05) is 0 Å². The minimum Gasteiger partial charge on any atom is -0.381 e. The normalized spacial score (nSPS) is 10.5. The summed E-state index contributed by atoms with van der Waals surface area (Å²) in [6.07, 6.45) is 1.27. The maximum atomic E-state index is 13.2. The van der Waals surface area contributed by atoms with E-state index in [9.17, 15) is 8.78 Å². The number of aromatic nitrogens is 4. The Morgan fingerprint density at radius 1 is 1.33 bits per heavy atom. The lowest BCUT2D eigenvalue weighted by Crippen LogP contribution is -1.98. The molecular formula is C7H5F2N5S. The molecule has 0 saturated carbocycles. The number of hydrogen-bond donors (Lipinski definition) is 2. The Balaban J connectivity index is 2.33. The van der Waals surface area contributed by atoms with Gasteiger partial charge in [0.05, 0.1) is 0 Å². The van der Waals surface area contributed by atoms with Crippen molar-refractivity contribution in [2.24, 2.45) is 0 Å². The summed E-state index contributed by atoms with van der Waals surface area (Å²) >= 11 is 0.882. The van der Waals surface area contributed by atoms with E-state index in [-0.39, 0.29) is 10.8 Å². The largest absolute Gasteiger partial charge is 0.381 e. The predicted molar refractivity (Wildman–Crippen MR) is 49.1 cm³/mol. The molecule has 0 radical (unpaired) electrons. The lowest BCUT2D eigenvalue weighted by Gasteiger charge is -2.01. The Morgan fingerprint density at radius 3 is 2.80 bits per heavy atom. The molecule has 2 heterocycles. The summed E-state index contributed by atoms with van der Waals surface area (Å²) in [5.41, 5.74) is 5.21. The van der Waals surface area contributed by atoms with Gasteiger partial charge in [0.15, 0.2) is 22.6 Å². The van der Waals surface area contributed by atoms with E-state index in [0.29, 0.717) is 11.2 Å². The number of H-pyrrole nitrogens is 1. The van der Waals surface area contributed by atoms with Crippen LogP contribution in [0, 0.1) is 11.6 Å². The SMILES string of the molecule is Nc1nc(Sc2ncn[nH]2)c(F)cc1F. The van der Waals surface area contributed by atoms with Gasteiger partial charge >= 0.3 is 0 Å². The zero-order valence-corrected chi connectivity index (χ0v) is 8.05. The van der Waals surface area contributed by atoms with E-state index in [4.69, 9.17) is 5.73 Å². The molecule has 8 heteroatoms. The van der Waals surface area contributed by atoms with Gasteiger partial charge in [0.25, 0.3) is 0 Å². The Labute approximate surface area is 87.1 Å². The standard InChI is InChI=1S/C7H5F2N5S/c8-3-1-4(9)6(13-5(3)10)15-7-11-2-12-14-7/h1-2H,(H2,10,13)(H,11,12,14). The highest BCUT2D eigenvalue weighted by Gasteiger charge is 2.12. The number of nitrogens with two attached hydrogens (primary N) is 1. The van der Waals surface area contributed by atoms with Gasteiger partial charge < -0.3 is 5.73 Å². The first-order valence-electron chi connectivity index (χ1n) is 3.81. The van der Waals surface area contributed by atoms with Gasteiger partial charge in [-0.2, -0.15) is 5.10 Å². The Kier molecular flexibility index (Phi) is 2.50. The van der Waals surface area contributed by atoms with E-state index in [1.165, 1.54) is 6.33 Å². The lowest BCUT2D eigenvalue weighted by molar-refractivity contribution is 0.552. The average Bonchev–Trinajstić information content (AvgIpc) is 2.67. The molecular weight excluding hydrogens is 224 g/mol. The van der Waals surface area contributed by atoms with Gasteiger partial charge in [0, 0.05) is 6.07 Å². The number of anilines is 1. The zero-order valence-electron chi connectivity index (χ0n) is 7.24. The van der Waals surface area contributed by atoms with Gasteiger partial charge in [-0.25, -0.2) is 18.7 Å². The fourth-order valence-corrected chi connectivity index (χ4v) is 1.55. The van der Waals surface area contributed by atoms with Gasteiger partial charge in [0.2, 0.25) is 0 Å². The second-order valence-electron chi connectivity index (χ2n) is 2.54. The second kappa shape index (κ2) is 3.81. The number of nitrogens with one attached hydrogen (secondary N) is 1. The van der Waals surface area contributed by atoms with E-state index in [1.54, 1.807) is 0 Å². The molecule has 0 saturated heterocycles. The van der Waals surface area contributed by atoms with Crippen LogP contribution in [-0.2, 0) is 0 Å². The van der Waals surface area contributed by atoms with Crippen LogP contribution in [0.25, 0.3) is 0 Å². The Hall–Kier alpha value is -1.70. The number of hydrogen-bond acceptors (Lipinski definition) is 5. The van der Waals surface area contributed by atoms with Crippen LogP contribution in [0.2, 0.25) is 0 Å². The van der Waals surface area contributed by atoms with Gasteiger partial charge in [-0.05, 0) is 11.8 Å². The third-order valence-electron chi connectivity index (χ3n) is 1.51. The molecule has 0 fully saturated rings. The van der Waals surface area contributed by atoms with Crippen LogP contribution in [0.15, 0.2) is 22.6 Å². The van der Waals surface area contributed by atoms with Crippen molar-refractivity contribution < 1.29 is 8.78 Å². The fourth-order valence-electron chi connectivity index (χ4n) is 0.870. The van der Waals surface area contributed by atoms with Gasteiger partial charge in [-0.3, -0.25) is 5.10 Å². The van der Waals surface area contributed by atoms with E-state index in [2.05, 4.69) is 20.2 Å². The highest BCUT2D eigenvalue weighted by molar-refractivity contribution is 7.99. The quantitative estimate of drug-likeness (QED) is 0.809. The molecule has 0 aromatic carbocycles. The zero-order chi connectivity index (χ0) is 10.8. The summed E-state index contributed by atoms with van der Waals surface area (Å²) < 4.78 is 25.9. The summed E-state index contributed by atoms with van der Waals surface area (Å²) in [7, 11) is 0. The highest BCUT2D eigenvalue weighted by atomic mass is 32.2. The van der Waals surface area contributed by atoms with E-state index < -0.39 is 11.6 Å². The maximum absolute atomic E-state index is 13.2. The van der Waals surface area contributed by atoms with Crippen LogP contribution >= 0.6 is 11.8 Å². The number of aromatic amines is 1. The van der Waals surface area contributed by atoms with Gasteiger partial charge in [-0.1, -0.05) is 0 Å². The fraction of sp³-hybridized carbons (Fsp3) is 0. The first kappa shape index (κ1) is 9.84. The number of rotatable bonds is 2. The number of pyridine rings is 1. The smallest absolute Gasteiger partial charge is 0.189 e. The van der Waals surface area contributed by atoms with Gasteiger partial charge in [-0.15, -0.1) is 0 Å². The first-order chi connectivity index (χ1) is 7.16. The Bertz CT molecular complexity index is 472. The predicted octanol–water partition coefficient (Wildman–Crippen LogP) is 1.21. The van der Waals surface area contributed by atoms with Crippen LogP contribution in [0.4, 0.5) is 14.6 Å². The average molecular weight is 229 g/mol. The number of halogens is 2. The minimum absolute atomic E-state index is 0.0503. The van der Waals surface area contributed by atoms with Crippen molar-refractivity contribution in [3.05, 3.63) is 24.0 Å². The molecule has 0 spiro atoms. The van der Waals surface area contributed by atoms with Gasteiger partial charge in [0.1, 0.15) is 11.4 Å². The molecule has 2 rings (SSSR count). The minimum atomic E-state index is -0.880. The maximum Gasteiger partial charge on any atom is 0.189 e. The molecule has 0 unspecified atom stereocenters. The van der Waals surface area contributed by atoms with Crippen molar-refractivity contribution in [3.8, 4) is 0 Å².